The molecule has 0 aromatic heterocycles. The van der Waals surface area contributed by atoms with Crippen LogP contribution in [0, 0.1) is 17.8 Å². The molecule has 3 N–H and O–H groups in total. The van der Waals surface area contributed by atoms with Gasteiger partial charge >= 0.3 is 5.97 Å². The molecule has 3 nitrogen and oxygen atoms in total. The van der Waals surface area contributed by atoms with Crippen molar-refractivity contribution in [2.75, 3.05) is 6.54 Å². The van der Waals surface area contributed by atoms with E-state index in [1.807, 2.05) is 0 Å². The second-order valence-corrected chi connectivity index (χ2v) is 4.75. The molecule has 0 radical (unpaired) electrons. The Morgan fingerprint density at radius 3 is 2.27 bits per heavy atom. The van der Waals surface area contributed by atoms with Crippen LogP contribution in [0.25, 0.3) is 0 Å². The average Bonchev–Trinajstić information content (AvgIpc) is 2.17. The van der Waals surface area contributed by atoms with Crippen LogP contribution in [0.15, 0.2) is 0 Å². The van der Waals surface area contributed by atoms with E-state index < -0.39 is 5.97 Å². The van der Waals surface area contributed by atoms with Gasteiger partial charge in [0.15, 0.2) is 0 Å². The summed E-state index contributed by atoms with van der Waals surface area (Å²) in [7, 11) is 0. The van der Waals surface area contributed by atoms with Gasteiger partial charge in [-0.25, -0.2) is 0 Å². The Balaban J connectivity index is 4.00. The third kappa shape index (κ3) is 6.50. The quantitative estimate of drug-likeness (QED) is 0.654. The minimum absolute atomic E-state index is 0.257. The smallest absolute Gasteiger partial charge is 0.307 e. The van der Waals surface area contributed by atoms with E-state index >= 15 is 0 Å². The van der Waals surface area contributed by atoms with E-state index in [-0.39, 0.29) is 12.5 Å². The lowest BCUT2D eigenvalue weighted by atomic mass is 9.87. The van der Waals surface area contributed by atoms with Gasteiger partial charge in [0.2, 0.25) is 0 Å². The fourth-order valence-corrected chi connectivity index (χ4v) is 1.76. The summed E-state index contributed by atoms with van der Waals surface area (Å²) in [5.41, 5.74) is 5.45. The summed E-state index contributed by atoms with van der Waals surface area (Å²) in [4.78, 5) is 10.8. The molecule has 0 rings (SSSR count). The highest BCUT2D eigenvalue weighted by atomic mass is 16.4. The topological polar surface area (TPSA) is 63.3 Å². The van der Waals surface area contributed by atoms with Crippen LogP contribution >= 0.6 is 0 Å². The Hall–Kier alpha value is -0.570. The molecule has 0 heterocycles. The Labute approximate surface area is 93.0 Å². The molecular weight excluding hydrogens is 190 g/mol. The van der Waals surface area contributed by atoms with Crippen LogP contribution in [0.1, 0.15) is 46.5 Å². The molecule has 0 aliphatic rings. The highest BCUT2D eigenvalue weighted by Gasteiger charge is 2.20. The molecule has 0 aromatic rings. The van der Waals surface area contributed by atoms with Gasteiger partial charge in [-0.2, -0.15) is 0 Å². The van der Waals surface area contributed by atoms with Crippen molar-refractivity contribution in [1.82, 2.24) is 0 Å². The first-order valence-corrected chi connectivity index (χ1v) is 5.94. The Morgan fingerprint density at radius 2 is 1.93 bits per heavy atom. The number of rotatable bonds is 8. The second-order valence-electron chi connectivity index (χ2n) is 4.75. The molecule has 15 heavy (non-hydrogen) atoms. The van der Waals surface area contributed by atoms with Gasteiger partial charge < -0.3 is 10.8 Å². The third-order valence-corrected chi connectivity index (χ3v) is 2.98. The van der Waals surface area contributed by atoms with Gasteiger partial charge in [0, 0.05) is 6.54 Å². The molecule has 0 saturated carbocycles. The molecule has 0 spiro atoms. The van der Waals surface area contributed by atoms with Crippen molar-refractivity contribution in [1.29, 1.82) is 0 Å². The minimum Gasteiger partial charge on any atom is -0.481 e. The summed E-state index contributed by atoms with van der Waals surface area (Å²) in [5, 5.41) is 8.92. The maximum atomic E-state index is 10.8. The summed E-state index contributed by atoms with van der Waals surface area (Å²) in [6.45, 7) is 6.78. The van der Waals surface area contributed by atoms with Crippen molar-refractivity contribution < 1.29 is 9.90 Å². The summed E-state index contributed by atoms with van der Waals surface area (Å²) in [5.74, 6) is 0.0971. The fraction of sp³-hybridized carbons (Fsp3) is 0.917. The van der Waals surface area contributed by atoms with Gasteiger partial charge in [0.25, 0.3) is 0 Å². The van der Waals surface area contributed by atoms with Crippen molar-refractivity contribution in [2.45, 2.75) is 46.5 Å². The Bertz CT molecular complexity index is 180. The maximum absolute atomic E-state index is 10.8. The van der Waals surface area contributed by atoms with Crippen LogP contribution in [-0.4, -0.2) is 17.6 Å². The van der Waals surface area contributed by atoms with Crippen molar-refractivity contribution in [3.8, 4) is 0 Å². The lowest BCUT2D eigenvalue weighted by Gasteiger charge is -2.19. The zero-order chi connectivity index (χ0) is 11.8. The molecule has 0 amide bonds. The number of carboxylic acid groups (broad SMARTS) is 1. The van der Waals surface area contributed by atoms with Crippen molar-refractivity contribution in [2.24, 2.45) is 23.5 Å². The molecule has 2 atom stereocenters. The molecule has 90 valence electrons. The predicted molar refractivity (Wildman–Crippen MR) is 62.7 cm³/mol. The van der Waals surface area contributed by atoms with Crippen LogP contribution in [-0.2, 0) is 4.79 Å². The standard InChI is InChI=1S/C12H25NO2/c1-4-10(6-5-9(2)3)7-11(8-13)12(14)15/h9-11H,4-8,13H2,1-3H3,(H,14,15). The number of hydrogen-bond donors (Lipinski definition) is 2. The molecule has 0 aliphatic heterocycles. The average molecular weight is 215 g/mol. The van der Waals surface area contributed by atoms with E-state index in [4.69, 9.17) is 10.8 Å². The lowest BCUT2D eigenvalue weighted by molar-refractivity contribution is -0.142. The van der Waals surface area contributed by atoms with E-state index in [2.05, 4.69) is 20.8 Å². The highest BCUT2D eigenvalue weighted by Crippen LogP contribution is 2.22. The third-order valence-electron chi connectivity index (χ3n) is 2.98. The largest absolute Gasteiger partial charge is 0.481 e. The zero-order valence-corrected chi connectivity index (χ0v) is 10.2. The summed E-state index contributed by atoms with van der Waals surface area (Å²) < 4.78 is 0. The molecule has 0 fully saturated rings. The molecule has 0 saturated heterocycles. The van der Waals surface area contributed by atoms with Crippen molar-refractivity contribution >= 4 is 5.97 Å². The predicted octanol–water partition coefficient (Wildman–Crippen LogP) is 2.50. The first-order valence-electron chi connectivity index (χ1n) is 5.94. The van der Waals surface area contributed by atoms with Crippen molar-refractivity contribution in [3.63, 3.8) is 0 Å². The molecule has 0 bridgehead atoms. The number of hydrogen-bond acceptors (Lipinski definition) is 2. The number of aliphatic carboxylic acids is 1. The Morgan fingerprint density at radius 1 is 1.33 bits per heavy atom. The molecule has 3 heteroatoms. The van der Waals surface area contributed by atoms with E-state index in [0.717, 1.165) is 19.3 Å². The maximum Gasteiger partial charge on any atom is 0.307 e. The molecule has 0 aliphatic carbocycles. The lowest BCUT2D eigenvalue weighted by Crippen LogP contribution is -2.25. The first kappa shape index (κ1) is 14.4. The van der Waals surface area contributed by atoms with Gasteiger partial charge in [-0.3, -0.25) is 4.79 Å². The first-order chi connectivity index (χ1) is 7.01. The van der Waals surface area contributed by atoms with Gasteiger partial charge in [0.05, 0.1) is 5.92 Å². The van der Waals surface area contributed by atoms with Gasteiger partial charge in [-0.15, -0.1) is 0 Å². The highest BCUT2D eigenvalue weighted by molar-refractivity contribution is 5.70. The van der Waals surface area contributed by atoms with Crippen LogP contribution in [0.4, 0.5) is 0 Å². The normalized spacial score (nSPS) is 15.3. The van der Waals surface area contributed by atoms with E-state index in [1.54, 1.807) is 0 Å². The van der Waals surface area contributed by atoms with E-state index in [0.29, 0.717) is 11.8 Å². The van der Waals surface area contributed by atoms with E-state index in [9.17, 15) is 4.79 Å². The summed E-state index contributed by atoms with van der Waals surface area (Å²) >= 11 is 0. The van der Waals surface area contributed by atoms with E-state index in [1.165, 1.54) is 6.42 Å². The van der Waals surface area contributed by atoms with Crippen LogP contribution in [0.3, 0.4) is 0 Å². The molecule has 0 aromatic carbocycles. The van der Waals surface area contributed by atoms with Crippen molar-refractivity contribution in [3.05, 3.63) is 0 Å². The summed E-state index contributed by atoms with van der Waals surface area (Å²) in [6.07, 6.45) is 4.08. The van der Waals surface area contributed by atoms with Gasteiger partial charge in [0.1, 0.15) is 0 Å². The SMILES string of the molecule is CCC(CCC(C)C)CC(CN)C(=O)O. The number of carboxylic acids is 1. The molecular formula is C12H25NO2. The van der Waals surface area contributed by atoms with Crippen LogP contribution in [0.5, 0.6) is 0 Å². The fourth-order valence-electron chi connectivity index (χ4n) is 1.76. The van der Waals surface area contributed by atoms with Gasteiger partial charge in [-0.1, -0.05) is 40.0 Å². The van der Waals surface area contributed by atoms with Crippen LogP contribution in [0.2, 0.25) is 0 Å². The number of nitrogens with two attached hydrogens (primary N) is 1. The summed E-state index contributed by atoms with van der Waals surface area (Å²) in [6, 6.07) is 0. The monoisotopic (exact) mass is 215 g/mol. The van der Waals surface area contributed by atoms with Crippen LogP contribution < -0.4 is 5.73 Å². The van der Waals surface area contributed by atoms with Gasteiger partial charge in [-0.05, 0) is 18.3 Å². The Kier molecular flexibility index (Phi) is 7.39. The zero-order valence-electron chi connectivity index (χ0n) is 10.2. The molecule has 2 unspecified atom stereocenters. The minimum atomic E-state index is -0.750. The number of carbonyl (C=O) groups is 1. The second kappa shape index (κ2) is 7.69.